The molecule has 0 atom stereocenters. The van der Waals surface area contributed by atoms with E-state index in [1.54, 1.807) is 70.9 Å². The summed E-state index contributed by atoms with van der Waals surface area (Å²) in [5.41, 5.74) is 20.4. The predicted molar refractivity (Wildman–Crippen MR) is 436 cm³/mol. The molecule has 7 N–H and O–H groups in total. The van der Waals surface area contributed by atoms with Gasteiger partial charge in [-0.05, 0) is 84.6 Å². The van der Waals surface area contributed by atoms with Crippen molar-refractivity contribution < 1.29 is 14.2 Å². The Morgan fingerprint density at radius 3 is 1.20 bits per heavy atom. The van der Waals surface area contributed by atoms with Crippen molar-refractivity contribution in [2.45, 2.75) is 20.4 Å². The number of aryl methyl sites for hydroxylation is 2. The number of aldehydes is 1. The fourth-order valence-electron chi connectivity index (χ4n) is 10.5. The van der Waals surface area contributed by atoms with Crippen LogP contribution in [0, 0.1) is 13.8 Å². The van der Waals surface area contributed by atoms with Crippen molar-refractivity contribution in [2.24, 2.45) is 0 Å². The van der Waals surface area contributed by atoms with Crippen LogP contribution in [-0.2, 0) is 6.54 Å². The van der Waals surface area contributed by atoms with Gasteiger partial charge in [-0.1, -0.05) is 228 Å². The SMILES string of the molecule is Cc1nc2ccnc(Cl)c2s1.Cc1nc2ccnc(Nc3cccc(-c4ccccc4)c3Cl)c2s1.Nc1cccc(-c2ccccc2)c1Cl.O=Cc1nc2ccnc(Nc3cccc(-c4ccccc4)c3Cl)c2s1.OCCNCc1nc2ccnc(Nc3cccc(-c4ccccc4)c3Cl)c2s1.[HH].[HH].[HH]. The van der Waals surface area contributed by atoms with E-state index in [2.05, 4.69) is 73.3 Å². The molecule has 0 aliphatic carbocycles. The van der Waals surface area contributed by atoms with Crippen molar-refractivity contribution in [2.75, 3.05) is 34.8 Å². The van der Waals surface area contributed by atoms with Crippen molar-refractivity contribution in [1.29, 1.82) is 0 Å². The standard InChI is InChI=1S/C21H19ClN4OS.C19H12ClN3OS.C19H14ClN3S.C12H10ClN.C7H5ClN2S.3H2/c22-19-15(14-5-2-1-3-6-14)7-4-8-16(19)26-21-20-17(9-10-24-21)25-18(28-20)13-23-11-12-27;20-17-13(12-5-2-1-3-6-12)7-4-8-14(17)23-19-18-15(9-10-21-19)22-16(11-24)25-18;1-12-22-16-10-11-21-19(18(16)24-12)23-15-9-5-8-14(17(15)20)13-6-3-2-4-7-13;13-12-10(7-4-8-11(12)14)9-5-2-1-3-6-9;1-4-10-5-2-3-9-7(8)6(5)11-4;;;/h1-10,23,27H,11-13H2,(H,24,26);1-11H,(H,21,23);2-11H,1H3,(H,21,23);1-8H,14H2;2-3H,1H3;3*1H. The number of aromatic nitrogens is 8. The maximum absolute atomic E-state index is 11.0. The van der Waals surface area contributed by atoms with Crippen LogP contribution in [0.4, 0.5) is 40.2 Å². The second-order valence-corrected chi connectivity index (χ2v) is 28.6. The van der Waals surface area contributed by atoms with Crippen molar-refractivity contribution in [3.8, 4) is 44.5 Å². The number of aliphatic hydroxyl groups excluding tert-OH is 1. The van der Waals surface area contributed by atoms with Crippen LogP contribution in [0.15, 0.2) is 243 Å². The topological polar surface area (TPSA) is 215 Å². The summed E-state index contributed by atoms with van der Waals surface area (Å²) < 4.78 is 3.82. The summed E-state index contributed by atoms with van der Waals surface area (Å²) in [6, 6.07) is 71.0. The second-order valence-electron chi connectivity index (χ2n) is 22.2. The first-order valence-corrected chi connectivity index (χ1v) is 36.7. The van der Waals surface area contributed by atoms with E-state index in [1.807, 2.05) is 208 Å². The molecule has 0 bridgehead atoms. The van der Waals surface area contributed by atoms with Gasteiger partial charge in [-0.25, -0.2) is 39.9 Å². The largest absolute Gasteiger partial charge is 0.398 e. The minimum absolute atomic E-state index is 0. The minimum Gasteiger partial charge on any atom is -0.398 e. The number of thiazole rings is 4. The average Bonchev–Trinajstić information content (AvgIpc) is 1.72. The second kappa shape index (κ2) is 34.7. The lowest BCUT2D eigenvalue weighted by Gasteiger charge is -2.12. The number of nitrogens with one attached hydrogen (secondary N) is 4. The van der Waals surface area contributed by atoms with Crippen LogP contribution in [0.2, 0.25) is 25.2 Å². The van der Waals surface area contributed by atoms with Gasteiger partial charge in [-0.15, -0.1) is 45.3 Å². The number of aliphatic hydroxyl groups is 1. The van der Waals surface area contributed by atoms with E-state index in [9.17, 15) is 4.79 Å². The Bertz CT molecular complexity index is 5540. The van der Waals surface area contributed by atoms with Gasteiger partial charge >= 0.3 is 0 Å². The highest BCUT2D eigenvalue weighted by atomic mass is 35.5. The molecule has 16 aromatic rings. The Morgan fingerprint density at radius 1 is 0.412 bits per heavy atom. The Labute approximate surface area is 633 Å². The number of rotatable bonds is 15. The third kappa shape index (κ3) is 17.7. The van der Waals surface area contributed by atoms with Gasteiger partial charge in [-0.2, -0.15) is 0 Å². The number of carbonyl (C=O) groups excluding carboxylic acids is 1. The minimum atomic E-state index is 0. The van der Waals surface area contributed by atoms with Gasteiger partial charge < -0.3 is 32.1 Å². The highest BCUT2D eigenvalue weighted by Gasteiger charge is 2.17. The summed E-state index contributed by atoms with van der Waals surface area (Å²) in [6.45, 7) is 5.22. The molecule has 24 heteroatoms. The van der Waals surface area contributed by atoms with Crippen molar-refractivity contribution in [3.63, 3.8) is 0 Å². The van der Waals surface area contributed by atoms with E-state index in [1.165, 1.54) is 11.3 Å². The van der Waals surface area contributed by atoms with Gasteiger partial charge in [0.25, 0.3) is 0 Å². The van der Waals surface area contributed by atoms with Crippen LogP contribution in [0.3, 0.4) is 0 Å². The summed E-state index contributed by atoms with van der Waals surface area (Å²) in [4.78, 5) is 45.9. The van der Waals surface area contributed by atoms with Crippen LogP contribution in [0.1, 0.15) is 29.1 Å². The first-order valence-electron chi connectivity index (χ1n) is 31.6. The molecule has 0 aliphatic heterocycles. The van der Waals surface area contributed by atoms with Crippen LogP contribution in [-0.4, -0.2) is 64.4 Å². The molecule has 0 fully saturated rings. The molecule has 8 aromatic carbocycles. The number of anilines is 7. The van der Waals surface area contributed by atoms with Gasteiger partial charge in [0.05, 0.1) is 100 Å². The molecule has 16 rings (SSSR count). The summed E-state index contributed by atoms with van der Waals surface area (Å²) in [7, 11) is 0. The molecule has 0 aliphatic rings. The van der Waals surface area contributed by atoms with Crippen molar-refractivity contribution in [3.05, 3.63) is 288 Å². The molecular formula is C78H66Cl5N13O2S4. The molecule has 514 valence electrons. The monoisotopic (exact) mass is 1520 g/mol. The van der Waals surface area contributed by atoms with Gasteiger partial charge in [0.1, 0.15) is 27.6 Å². The molecule has 0 spiro atoms. The Hall–Kier alpha value is -9.84. The first kappa shape index (κ1) is 72.0. The number of hydrogen-bond acceptors (Lipinski definition) is 19. The quantitative estimate of drug-likeness (QED) is 0.0244. The molecule has 0 saturated carbocycles. The fourth-order valence-corrected chi connectivity index (χ4v) is 15.3. The zero-order valence-electron chi connectivity index (χ0n) is 54.3. The molecule has 15 nitrogen and oxygen atoms in total. The van der Waals surface area contributed by atoms with Crippen LogP contribution in [0.25, 0.3) is 85.4 Å². The van der Waals surface area contributed by atoms with E-state index in [0.29, 0.717) is 54.8 Å². The third-order valence-corrected chi connectivity index (χ3v) is 21.3. The maximum Gasteiger partial charge on any atom is 0.178 e. The highest BCUT2D eigenvalue weighted by Crippen LogP contribution is 2.41. The first-order chi connectivity index (χ1) is 49.8. The normalized spacial score (nSPS) is 10.8. The summed E-state index contributed by atoms with van der Waals surface area (Å²) in [5.74, 6) is 2.15. The zero-order chi connectivity index (χ0) is 70.9. The number of hydrogen-bond donors (Lipinski definition) is 6. The van der Waals surface area contributed by atoms with Crippen molar-refractivity contribution >= 4 is 191 Å². The molecule has 8 heterocycles. The lowest BCUT2D eigenvalue weighted by atomic mass is 10.1. The number of nitrogens with zero attached hydrogens (tertiary/aromatic N) is 8. The Morgan fingerprint density at radius 2 is 0.775 bits per heavy atom. The number of benzene rings is 8. The van der Waals surface area contributed by atoms with E-state index in [-0.39, 0.29) is 10.9 Å². The number of pyridine rings is 4. The molecule has 0 amide bonds. The lowest BCUT2D eigenvalue weighted by Crippen LogP contribution is -2.17. The molecule has 0 radical (unpaired) electrons. The van der Waals surface area contributed by atoms with E-state index in [0.717, 1.165) is 135 Å². The highest BCUT2D eigenvalue weighted by molar-refractivity contribution is 7.21. The van der Waals surface area contributed by atoms with Gasteiger partial charge in [-0.3, -0.25) is 4.79 Å². The fraction of sp³-hybridized carbons (Fsp3) is 0.0641. The number of fused-ring (bicyclic) bond motifs is 4. The number of nitrogen functional groups attached to an aromatic ring is 1. The zero-order valence-corrected chi connectivity index (χ0v) is 61.4. The number of carbonyl (C=O) groups is 1. The Balaban J connectivity index is 0.000000156. The van der Waals surface area contributed by atoms with Crippen LogP contribution >= 0.6 is 103 Å². The lowest BCUT2D eigenvalue weighted by molar-refractivity contribution is 0.112. The van der Waals surface area contributed by atoms with Crippen molar-refractivity contribution in [1.82, 2.24) is 45.2 Å². The summed E-state index contributed by atoms with van der Waals surface area (Å²) in [6.07, 6.45) is 7.58. The number of halogens is 5. The molecular weight excluding hydrogens is 1460 g/mol. The predicted octanol–water partition coefficient (Wildman–Crippen LogP) is 23.4. The van der Waals surface area contributed by atoms with E-state index < -0.39 is 0 Å². The van der Waals surface area contributed by atoms with Crippen LogP contribution < -0.4 is 27.0 Å². The molecule has 0 unspecified atom stereocenters. The number of nitrogens with two attached hydrogens (primary N) is 1. The Kier molecular flexibility index (Phi) is 24.5. The average molecular weight is 1520 g/mol. The smallest absolute Gasteiger partial charge is 0.178 e. The van der Waals surface area contributed by atoms with E-state index in [4.69, 9.17) is 68.8 Å². The molecule has 102 heavy (non-hydrogen) atoms. The summed E-state index contributed by atoms with van der Waals surface area (Å²) >= 11 is 38.0. The molecule has 0 saturated heterocycles. The van der Waals surface area contributed by atoms with Gasteiger partial charge in [0, 0.05) is 64.4 Å². The molecule has 8 aromatic heterocycles. The van der Waals surface area contributed by atoms with Crippen LogP contribution in [0.5, 0.6) is 0 Å². The summed E-state index contributed by atoms with van der Waals surface area (Å²) in [5, 5.41) is 28.6. The third-order valence-electron chi connectivity index (χ3n) is 15.2. The maximum atomic E-state index is 11.0. The van der Waals surface area contributed by atoms with Gasteiger partial charge in [0.2, 0.25) is 0 Å². The van der Waals surface area contributed by atoms with Gasteiger partial charge in [0.15, 0.2) is 11.3 Å². The van der Waals surface area contributed by atoms with E-state index >= 15 is 0 Å².